The summed E-state index contributed by atoms with van der Waals surface area (Å²) in [4.78, 5) is 13.1. The Morgan fingerprint density at radius 2 is 2.08 bits per heavy atom. The van der Waals surface area contributed by atoms with Gasteiger partial charge in [0, 0.05) is 6.04 Å². The monoisotopic (exact) mass is 183 g/mol. The van der Waals surface area contributed by atoms with Crippen molar-refractivity contribution in [2.75, 3.05) is 0 Å². The number of nitrogens with zero attached hydrogens (tertiary/aromatic N) is 1. The van der Waals surface area contributed by atoms with Crippen molar-refractivity contribution in [3.8, 4) is 0 Å². The van der Waals surface area contributed by atoms with Gasteiger partial charge in [-0.25, -0.2) is 4.39 Å². The van der Waals surface area contributed by atoms with Crippen LogP contribution >= 0.6 is 0 Å². The highest BCUT2D eigenvalue weighted by atomic mass is 19.1. The van der Waals surface area contributed by atoms with Gasteiger partial charge in [-0.3, -0.25) is 4.79 Å². The van der Waals surface area contributed by atoms with Crippen molar-refractivity contribution >= 4 is 5.91 Å². The summed E-state index contributed by atoms with van der Waals surface area (Å²) in [5.74, 6) is -0.102. The highest BCUT2D eigenvalue weighted by molar-refractivity contribution is 5.87. The van der Waals surface area contributed by atoms with Gasteiger partial charge in [0.1, 0.15) is 6.17 Å². The van der Waals surface area contributed by atoms with Crippen LogP contribution in [0.15, 0.2) is 12.7 Å². The quantitative estimate of drug-likeness (QED) is 0.566. The van der Waals surface area contributed by atoms with Crippen molar-refractivity contribution in [1.82, 2.24) is 4.90 Å². The van der Waals surface area contributed by atoms with Crippen molar-refractivity contribution in [1.29, 1.82) is 0 Å². The van der Waals surface area contributed by atoms with Crippen molar-refractivity contribution < 1.29 is 9.18 Å². The number of amides is 1. The number of fused-ring (bicyclic) bond motifs is 2. The predicted molar refractivity (Wildman–Crippen MR) is 48.0 cm³/mol. The molecule has 2 rings (SSSR count). The lowest BCUT2D eigenvalue weighted by Crippen LogP contribution is -2.48. The van der Waals surface area contributed by atoms with E-state index in [1.807, 2.05) is 0 Å². The molecule has 0 radical (unpaired) electrons. The molecule has 1 amide bonds. The molecular formula is C10H14FNO. The standard InChI is InChI=1S/C10H14FNO/c1-2-10(13)12-7-3-5-8(11)9(12)6-4-7/h2,7-9H,1,3-6H2. The Morgan fingerprint density at radius 1 is 1.38 bits per heavy atom. The Kier molecular flexibility index (Phi) is 2.10. The Hall–Kier alpha value is -0.860. The van der Waals surface area contributed by atoms with Crippen LogP contribution in [0.4, 0.5) is 4.39 Å². The fraction of sp³-hybridized carbons (Fsp3) is 0.700. The Labute approximate surface area is 77.4 Å². The summed E-state index contributed by atoms with van der Waals surface area (Å²) in [6.45, 7) is 3.44. The molecule has 0 aromatic rings. The second kappa shape index (κ2) is 3.13. The van der Waals surface area contributed by atoms with Crippen LogP contribution in [0.1, 0.15) is 25.7 Å². The van der Waals surface area contributed by atoms with E-state index in [9.17, 15) is 9.18 Å². The number of carbonyl (C=O) groups excluding carboxylic acids is 1. The predicted octanol–water partition coefficient (Wildman–Crippen LogP) is 1.66. The number of hydrogen-bond acceptors (Lipinski definition) is 1. The normalized spacial score (nSPS) is 37.6. The van der Waals surface area contributed by atoms with Crippen LogP contribution in [0.25, 0.3) is 0 Å². The van der Waals surface area contributed by atoms with Crippen molar-refractivity contribution in [3.63, 3.8) is 0 Å². The average Bonchev–Trinajstić information content (AvgIpc) is 2.48. The summed E-state index contributed by atoms with van der Waals surface area (Å²) < 4.78 is 13.4. The van der Waals surface area contributed by atoms with Gasteiger partial charge in [-0.15, -0.1) is 0 Å². The maximum Gasteiger partial charge on any atom is 0.246 e. The van der Waals surface area contributed by atoms with Gasteiger partial charge >= 0.3 is 0 Å². The maximum atomic E-state index is 13.4. The van der Waals surface area contributed by atoms with Crippen LogP contribution in [0.3, 0.4) is 0 Å². The van der Waals surface area contributed by atoms with Gasteiger partial charge in [-0.2, -0.15) is 0 Å². The summed E-state index contributed by atoms with van der Waals surface area (Å²) in [5, 5.41) is 0. The molecule has 13 heavy (non-hydrogen) atoms. The molecule has 2 fully saturated rings. The molecular weight excluding hydrogens is 169 g/mol. The van der Waals surface area contributed by atoms with Crippen LogP contribution in [-0.4, -0.2) is 29.1 Å². The van der Waals surface area contributed by atoms with E-state index in [4.69, 9.17) is 0 Å². The highest BCUT2D eigenvalue weighted by Crippen LogP contribution is 2.37. The number of hydrogen-bond donors (Lipinski definition) is 0. The minimum Gasteiger partial charge on any atom is -0.330 e. The summed E-state index contributed by atoms with van der Waals surface area (Å²) in [6.07, 6.45) is 3.70. The van der Waals surface area contributed by atoms with Crippen molar-refractivity contribution in [3.05, 3.63) is 12.7 Å². The van der Waals surface area contributed by atoms with Gasteiger partial charge in [-0.1, -0.05) is 6.58 Å². The molecule has 2 bridgehead atoms. The molecule has 2 saturated heterocycles. The molecule has 0 aliphatic carbocycles. The van der Waals surface area contributed by atoms with E-state index in [0.29, 0.717) is 6.42 Å². The van der Waals surface area contributed by atoms with E-state index < -0.39 is 6.17 Å². The number of rotatable bonds is 1. The lowest BCUT2D eigenvalue weighted by atomic mass is 10.0. The van der Waals surface area contributed by atoms with E-state index in [1.165, 1.54) is 6.08 Å². The summed E-state index contributed by atoms with van der Waals surface area (Å²) in [7, 11) is 0. The molecule has 2 nitrogen and oxygen atoms in total. The SMILES string of the molecule is C=CC(=O)N1C2CCC(F)C1CC2. The molecule has 0 spiro atoms. The van der Waals surface area contributed by atoms with Crippen LogP contribution < -0.4 is 0 Å². The van der Waals surface area contributed by atoms with Gasteiger partial charge in [0.25, 0.3) is 0 Å². The lowest BCUT2D eigenvalue weighted by molar-refractivity contribution is -0.132. The molecule has 3 atom stereocenters. The second-order valence-electron chi connectivity index (χ2n) is 3.84. The van der Waals surface area contributed by atoms with Gasteiger partial charge in [0.2, 0.25) is 5.91 Å². The van der Waals surface area contributed by atoms with Crippen LogP contribution in [-0.2, 0) is 4.79 Å². The third-order valence-electron chi connectivity index (χ3n) is 3.17. The maximum absolute atomic E-state index is 13.4. The first-order valence-electron chi connectivity index (χ1n) is 4.83. The first-order chi connectivity index (χ1) is 6.24. The fourth-order valence-electron chi connectivity index (χ4n) is 2.54. The van der Waals surface area contributed by atoms with Gasteiger partial charge in [0.15, 0.2) is 0 Å². The minimum atomic E-state index is -0.817. The fourth-order valence-corrected chi connectivity index (χ4v) is 2.54. The molecule has 2 aliphatic heterocycles. The zero-order valence-corrected chi connectivity index (χ0v) is 7.58. The topological polar surface area (TPSA) is 20.3 Å². The molecule has 72 valence electrons. The zero-order chi connectivity index (χ0) is 9.42. The molecule has 3 unspecified atom stereocenters. The van der Waals surface area contributed by atoms with Gasteiger partial charge < -0.3 is 4.90 Å². The number of halogens is 1. The Balaban J connectivity index is 2.19. The van der Waals surface area contributed by atoms with E-state index in [0.717, 1.165) is 19.3 Å². The van der Waals surface area contributed by atoms with E-state index in [2.05, 4.69) is 6.58 Å². The van der Waals surface area contributed by atoms with E-state index >= 15 is 0 Å². The third-order valence-corrected chi connectivity index (χ3v) is 3.17. The molecule has 0 saturated carbocycles. The van der Waals surface area contributed by atoms with E-state index in [-0.39, 0.29) is 18.0 Å². The molecule has 0 aromatic carbocycles. The molecule has 0 N–H and O–H groups in total. The van der Waals surface area contributed by atoms with Gasteiger partial charge in [0.05, 0.1) is 6.04 Å². The molecule has 0 aromatic heterocycles. The van der Waals surface area contributed by atoms with Gasteiger partial charge in [-0.05, 0) is 31.8 Å². The number of alkyl halides is 1. The molecule has 3 heteroatoms. The van der Waals surface area contributed by atoms with Crippen molar-refractivity contribution in [2.24, 2.45) is 0 Å². The second-order valence-corrected chi connectivity index (χ2v) is 3.84. The van der Waals surface area contributed by atoms with Crippen LogP contribution in [0, 0.1) is 0 Å². The van der Waals surface area contributed by atoms with E-state index in [1.54, 1.807) is 4.90 Å². The Bertz CT molecular complexity index is 241. The average molecular weight is 183 g/mol. The van der Waals surface area contributed by atoms with Crippen LogP contribution in [0.5, 0.6) is 0 Å². The summed E-state index contributed by atoms with van der Waals surface area (Å²) >= 11 is 0. The number of carbonyl (C=O) groups is 1. The summed E-state index contributed by atoms with van der Waals surface area (Å²) in [6, 6.07) is 0.117. The zero-order valence-electron chi connectivity index (χ0n) is 7.58. The van der Waals surface area contributed by atoms with Crippen molar-refractivity contribution in [2.45, 2.75) is 43.9 Å². The highest BCUT2D eigenvalue weighted by Gasteiger charge is 2.44. The first kappa shape index (κ1) is 8.73. The lowest BCUT2D eigenvalue weighted by Gasteiger charge is -2.36. The largest absolute Gasteiger partial charge is 0.330 e. The number of piperidine rings is 1. The Morgan fingerprint density at radius 3 is 2.77 bits per heavy atom. The van der Waals surface area contributed by atoms with Crippen LogP contribution in [0.2, 0.25) is 0 Å². The summed E-state index contributed by atoms with van der Waals surface area (Å²) in [5.41, 5.74) is 0. The molecule has 2 aliphatic rings. The smallest absolute Gasteiger partial charge is 0.246 e. The minimum absolute atomic E-state index is 0.102. The first-order valence-corrected chi connectivity index (χ1v) is 4.83. The third kappa shape index (κ3) is 1.26. The molecule has 2 heterocycles.